The fourth-order valence-electron chi connectivity index (χ4n) is 1.11. The largest absolute Gasteiger partial charge is 0.477 e. The molecule has 0 amide bonds. The van der Waals surface area contributed by atoms with E-state index in [1.54, 1.807) is 0 Å². The van der Waals surface area contributed by atoms with Crippen molar-refractivity contribution < 1.29 is 26.5 Å². The van der Waals surface area contributed by atoms with Gasteiger partial charge in [0.2, 0.25) is 0 Å². The van der Waals surface area contributed by atoms with E-state index in [1.165, 1.54) is 31.4 Å². The molecule has 0 radical (unpaired) electrons. The van der Waals surface area contributed by atoms with Crippen LogP contribution in [-0.2, 0) is 19.0 Å². The predicted molar refractivity (Wildman–Crippen MR) is 71.1 cm³/mol. The lowest BCUT2D eigenvalue weighted by Crippen LogP contribution is -2.20. The molecule has 0 fully saturated rings. The van der Waals surface area contributed by atoms with Crippen LogP contribution in [0.2, 0.25) is 0 Å². The first kappa shape index (κ1) is 16.2. The maximum atomic E-state index is 12.7. The monoisotopic (exact) mass is 310 g/mol. The van der Waals surface area contributed by atoms with E-state index in [0.717, 1.165) is 18.0 Å². The van der Waals surface area contributed by atoms with Crippen molar-refractivity contribution >= 4 is 21.9 Å². The molecule has 0 aromatic heterocycles. The third kappa shape index (κ3) is 7.36. The van der Waals surface area contributed by atoms with Gasteiger partial charge in [-0.15, -0.1) is 0 Å². The van der Waals surface area contributed by atoms with Gasteiger partial charge in [0.1, 0.15) is 17.5 Å². The van der Waals surface area contributed by atoms with Gasteiger partial charge < -0.3 is 9.47 Å². The van der Waals surface area contributed by atoms with E-state index in [4.69, 9.17) is 9.47 Å². The Hall–Kier alpha value is -0.830. The van der Waals surface area contributed by atoms with Crippen LogP contribution in [0.15, 0.2) is 24.3 Å². The number of benzene rings is 1. The first-order chi connectivity index (χ1) is 8.90. The molecule has 1 rings (SSSR count). The second kappa shape index (κ2) is 7.68. The van der Waals surface area contributed by atoms with Gasteiger partial charge in [0, 0.05) is 7.11 Å². The maximum Gasteiger partial charge on any atom is 0.265 e. The molecule has 1 aromatic carbocycles. The van der Waals surface area contributed by atoms with Gasteiger partial charge in [0.15, 0.2) is 5.44 Å². The fraction of sp³-hybridized carbons (Fsp3) is 0.455. The molecule has 1 unspecified atom stereocenters. The average Bonchev–Trinajstić information content (AvgIpc) is 2.30. The Labute approximate surface area is 116 Å². The lowest BCUT2D eigenvalue weighted by molar-refractivity contribution is 0.128. The topological polar surface area (TPSA) is 61.8 Å². The van der Waals surface area contributed by atoms with Crippen molar-refractivity contribution in [2.75, 3.05) is 25.9 Å². The van der Waals surface area contributed by atoms with Crippen molar-refractivity contribution in [1.29, 1.82) is 0 Å². The van der Waals surface area contributed by atoms with Crippen LogP contribution < -0.4 is 4.74 Å². The summed E-state index contributed by atoms with van der Waals surface area (Å²) in [5, 5.41) is 0. The van der Waals surface area contributed by atoms with Crippen LogP contribution in [-0.4, -0.2) is 39.8 Å². The van der Waals surface area contributed by atoms with Gasteiger partial charge in [-0.2, -0.15) is 8.42 Å². The second-order valence-electron chi connectivity index (χ2n) is 3.56. The highest BCUT2D eigenvalue weighted by atomic mass is 32.2. The SMILES string of the molecule is COCC(Oc1ccc(F)cc1)SCOS(C)(=O)=O. The molecule has 1 atom stereocenters. The number of thioether (sulfide) groups is 1. The second-order valence-corrected chi connectivity index (χ2v) is 6.30. The molecule has 0 spiro atoms. The molecule has 0 aliphatic heterocycles. The molecular formula is C11H15FO5S2. The van der Waals surface area contributed by atoms with Crippen molar-refractivity contribution in [3.05, 3.63) is 30.1 Å². The van der Waals surface area contributed by atoms with Crippen LogP contribution >= 0.6 is 11.8 Å². The Balaban J connectivity index is 2.50. The van der Waals surface area contributed by atoms with Crippen molar-refractivity contribution in [1.82, 2.24) is 0 Å². The Kier molecular flexibility index (Phi) is 6.56. The van der Waals surface area contributed by atoms with Crippen molar-refractivity contribution in [2.45, 2.75) is 5.44 Å². The minimum absolute atomic E-state index is 0.0753. The van der Waals surface area contributed by atoms with E-state index >= 15 is 0 Å². The lowest BCUT2D eigenvalue weighted by atomic mass is 10.3. The smallest absolute Gasteiger partial charge is 0.265 e. The summed E-state index contributed by atoms with van der Waals surface area (Å²) in [6.45, 7) is 0.245. The highest BCUT2D eigenvalue weighted by Gasteiger charge is 2.13. The van der Waals surface area contributed by atoms with E-state index < -0.39 is 15.6 Å². The van der Waals surface area contributed by atoms with Crippen LogP contribution in [0.5, 0.6) is 5.75 Å². The highest BCUT2D eigenvalue weighted by Crippen LogP contribution is 2.19. The normalized spacial score (nSPS) is 13.2. The predicted octanol–water partition coefficient (Wildman–Crippen LogP) is 1.84. The van der Waals surface area contributed by atoms with E-state index in [2.05, 4.69) is 4.18 Å². The number of hydrogen-bond acceptors (Lipinski definition) is 6. The van der Waals surface area contributed by atoms with Gasteiger partial charge in [-0.25, -0.2) is 4.39 Å². The Bertz CT molecular complexity index is 474. The molecule has 1 aromatic rings. The molecule has 5 nitrogen and oxygen atoms in total. The zero-order valence-electron chi connectivity index (χ0n) is 10.5. The van der Waals surface area contributed by atoms with E-state index in [9.17, 15) is 12.8 Å². The Morgan fingerprint density at radius 3 is 2.47 bits per heavy atom. The van der Waals surface area contributed by atoms with Gasteiger partial charge in [-0.05, 0) is 24.3 Å². The first-order valence-corrected chi connectivity index (χ1v) is 8.14. The zero-order chi connectivity index (χ0) is 14.3. The highest BCUT2D eigenvalue weighted by molar-refractivity contribution is 8.00. The molecule has 0 heterocycles. The van der Waals surface area contributed by atoms with Crippen molar-refractivity contribution in [2.24, 2.45) is 0 Å². The third-order valence-electron chi connectivity index (χ3n) is 1.90. The molecular weight excluding hydrogens is 295 g/mol. The minimum atomic E-state index is -3.48. The van der Waals surface area contributed by atoms with E-state index in [0.29, 0.717) is 5.75 Å². The summed E-state index contributed by atoms with van der Waals surface area (Å²) in [7, 11) is -1.98. The summed E-state index contributed by atoms with van der Waals surface area (Å²) in [5.41, 5.74) is -0.447. The van der Waals surface area contributed by atoms with Crippen LogP contribution in [0.4, 0.5) is 4.39 Å². The van der Waals surface area contributed by atoms with Gasteiger partial charge >= 0.3 is 0 Å². The Morgan fingerprint density at radius 2 is 1.95 bits per heavy atom. The van der Waals surface area contributed by atoms with Gasteiger partial charge in [0.25, 0.3) is 10.1 Å². The van der Waals surface area contributed by atoms with Gasteiger partial charge in [-0.3, -0.25) is 4.18 Å². The number of rotatable bonds is 8. The number of hydrogen-bond donors (Lipinski definition) is 0. The summed E-state index contributed by atoms with van der Waals surface area (Å²) < 4.78 is 49.4. The molecule has 0 N–H and O–H groups in total. The molecule has 108 valence electrons. The summed E-state index contributed by atoms with van der Waals surface area (Å²) in [6, 6.07) is 5.51. The standard InChI is InChI=1S/C11H15FO5S2/c1-15-7-11(18-8-16-19(2,13)14)17-10-5-3-9(12)4-6-10/h3-6,11H,7-8H2,1-2H3. The Morgan fingerprint density at radius 1 is 1.32 bits per heavy atom. The average molecular weight is 310 g/mol. The van der Waals surface area contributed by atoms with Gasteiger partial charge in [-0.1, -0.05) is 11.8 Å². The summed E-state index contributed by atoms with van der Waals surface area (Å²) in [5.74, 6) is 0.0349. The molecule has 19 heavy (non-hydrogen) atoms. The molecule has 0 aliphatic carbocycles. The van der Waals surface area contributed by atoms with Crippen LogP contribution in [0, 0.1) is 5.82 Å². The van der Waals surface area contributed by atoms with Crippen molar-refractivity contribution in [3.63, 3.8) is 0 Å². The van der Waals surface area contributed by atoms with E-state index in [-0.39, 0.29) is 18.4 Å². The minimum Gasteiger partial charge on any atom is -0.477 e. The molecule has 0 aliphatic rings. The number of methoxy groups -OCH3 is 1. The lowest BCUT2D eigenvalue weighted by Gasteiger charge is -2.17. The molecule has 0 bridgehead atoms. The first-order valence-electron chi connectivity index (χ1n) is 5.28. The zero-order valence-corrected chi connectivity index (χ0v) is 12.2. The molecule has 0 saturated carbocycles. The summed E-state index contributed by atoms with van der Waals surface area (Å²) in [4.78, 5) is 0. The summed E-state index contributed by atoms with van der Waals surface area (Å²) in [6.07, 6.45) is 0.972. The van der Waals surface area contributed by atoms with Crippen LogP contribution in [0.25, 0.3) is 0 Å². The van der Waals surface area contributed by atoms with Crippen molar-refractivity contribution in [3.8, 4) is 5.75 Å². The summed E-state index contributed by atoms with van der Waals surface area (Å²) >= 11 is 1.13. The van der Waals surface area contributed by atoms with Gasteiger partial charge in [0.05, 0.1) is 12.9 Å². The number of ether oxygens (including phenoxy) is 2. The van der Waals surface area contributed by atoms with Crippen LogP contribution in [0.1, 0.15) is 0 Å². The number of halogens is 1. The third-order valence-corrected chi connectivity index (χ3v) is 3.45. The van der Waals surface area contributed by atoms with E-state index in [1.807, 2.05) is 0 Å². The fourth-order valence-corrected chi connectivity index (χ4v) is 2.59. The molecule has 8 heteroatoms. The quantitative estimate of drug-likeness (QED) is 0.539. The molecule has 0 saturated heterocycles. The maximum absolute atomic E-state index is 12.7. The van der Waals surface area contributed by atoms with Crippen LogP contribution in [0.3, 0.4) is 0 Å².